The van der Waals surface area contributed by atoms with Crippen LogP contribution in [0.1, 0.15) is 11.7 Å². The lowest BCUT2D eigenvalue weighted by Crippen LogP contribution is -2.25. The maximum Gasteiger partial charge on any atom is 0.262 e. The summed E-state index contributed by atoms with van der Waals surface area (Å²) in [5.41, 5.74) is 0.862. The number of anilines is 1. The number of carbonyl (C=O) groups excluding carboxylic acids is 1. The third kappa shape index (κ3) is 2.99. The second-order valence-corrected chi connectivity index (χ2v) is 6.39. The van der Waals surface area contributed by atoms with E-state index in [0.717, 1.165) is 6.26 Å². The molecule has 1 heterocycles. The Hall–Kier alpha value is -1.60. The number of amides is 1. The third-order valence-corrected chi connectivity index (χ3v) is 3.40. The van der Waals surface area contributed by atoms with Crippen molar-refractivity contribution in [3.8, 4) is 5.75 Å². The van der Waals surface area contributed by atoms with E-state index in [0.29, 0.717) is 17.0 Å². The number of carbonyl (C=O) groups is 1. The van der Waals surface area contributed by atoms with Gasteiger partial charge in [0, 0.05) is 6.26 Å². The molecule has 0 saturated carbocycles. The van der Waals surface area contributed by atoms with Crippen molar-refractivity contribution in [3.05, 3.63) is 23.8 Å². The van der Waals surface area contributed by atoms with Gasteiger partial charge in [0.1, 0.15) is 15.6 Å². The number of rotatable bonds is 3. The van der Waals surface area contributed by atoms with Crippen LogP contribution in [0.25, 0.3) is 0 Å². The molecule has 7 heteroatoms. The molecule has 0 spiro atoms. The standard InChI is InChI=1S/C11H13NO5S/c1-18(15,16)6-9(13)7-2-3-10-8(4-7)12-11(14)5-17-10/h2-4,9,13H,5-6H2,1H3,(H,12,14). The number of hydrogen-bond acceptors (Lipinski definition) is 5. The van der Waals surface area contributed by atoms with Crippen LogP contribution in [-0.2, 0) is 14.6 Å². The van der Waals surface area contributed by atoms with Crippen LogP contribution in [0.3, 0.4) is 0 Å². The summed E-state index contributed by atoms with van der Waals surface area (Å²) in [6, 6.07) is 4.68. The molecule has 1 aromatic carbocycles. The smallest absolute Gasteiger partial charge is 0.262 e. The zero-order valence-electron chi connectivity index (χ0n) is 9.71. The van der Waals surface area contributed by atoms with E-state index in [1.165, 1.54) is 6.07 Å². The molecule has 1 aromatic rings. The number of ether oxygens (including phenoxy) is 1. The lowest BCUT2D eigenvalue weighted by molar-refractivity contribution is -0.118. The number of aliphatic hydroxyl groups excluding tert-OH is 1. The molecular weight excluding hydrogens is 258 g/mol. The van der Waals surface area contributed by atoms with Crippen molar-refractivity contribution in [1.29, 1.82) is 0 Å². The van der Waals surface area contributed by atoms with Crippen molar-refractivity contribution in [3.63, 3.8) is 0 Å². The number of sulfone groups is 1. The van der Waals surface area contributed by atoms with Crippen molar-refractivity contribution >= 4 is 21.4 Å². The molecule has 0 aromatic heterocycles. The molecule has 6 nitrogen and oxygen atoms in total. The van der Waals surface area contributed by atoms with Crippen molar-refractivity contribution in [2.24, 2.45) is 0 Å². The molecule has 1 aliphatic heterocycles. The first-order valence-corrected chi connectivity index (χ1v) is 7.33. The van der Waals surface area contributed by atoms with E-state index in [-0.39, 0.29) is 18.3 Å². The summed E-state index contributed by atoms with van der Waals surface area (Å²) in [5, 5.41) is 12.4. The van der Waals surface area contributed by atoms with Gasteiger partial charge in [0.05, 0.1) is 17.5 Å². The molecule has 1 atom stereocenters. The van der Waals surface area contributed by atoms with Gasteiger partial charge in [0.2, 0.25) is 0 Å². The fourth-order valence-electron chi connectivity index (χ4n) is 1.69. The summed E-state index contributed by atoms with van der Waals surface area (Å²) in [7, 11) is -3.27. The van der Waals surface area contributed by atoms with Gasteiger partial charge in [0.25, 0.3) is 5.91 Å². The molecule has 0 radical (unpaired) electrons. The Labute approximate surface area is 104 Å². The van der Waals surface area contributed by atoms with Crippen LogP contribution in [0.5, 0.6) is 5.75 Å². The number of benzene rings is 1. The van der Waals surface area contributed by atoms with Crippen LogP contribution in [0.4, 0.5) is 5.69 Å². The lowest BCUT2D eigenvalue weighted by Gasteiger charge is -2.19. The summed E-state index contributed by atoms with van der Waals surface area (Å²) in [4.78, 5) is 11.1. The van der Waals surface area contributed by atoms with Crippen molar-refractivity contribution in [1.82, 2.24) is 0 Å². The highest BCUT2D eigenvalue weighted by Gasteiger charge is 2.19. The molecule has 2 N–H and O–H groups in total. The molecule has 0 saturated heterocycles. The zero-order chi connectivity index (χ0) is 13.3. The lowest BCUT2D eigenvalue weighted by atomic mass is 10.1. The monoisotopic (exact) mass is 271 g/mol. The Balaban J connectivity index is 2.25. The Morgan fingerprint density at radius 1 is 1.50 bits per heavy atom. The van der Waals surface area contributed by atoms with E-state index >= 15 is 0 Å². The molecule has 0 fully saturated rings. The average molecular weight is 271 g/mol. The van der Waals surface area contributed by atoms with Gasteiger partial charge >= 0.3 is 0 Å². The maximum absolute atomic E-state index is 11.1. The van der Waals surface area contributed by atoms with Gasteiger partial charge in [-0.2, -0.15) is 0 Å². The summed E-state index contributed by atoms with van der Waals surface area (Å²) in [5.74, 6) is -0.136. The van der Waals surface area contributed by atoms with Crippen LogP contribution >= 0.6 is 0 Å². The number of nitrogens with one attached hydrogen (secondary N) is 1. The molecule has 1 aliphatic rings. The molecule has 0 bridgehead atoms. The first-order chi connectivity index (χ1) is 8.35. The normalized spacial score (nSPS) is 16.4. The van der Waals surface area contributed by atoms with Crippen LogP contribution in [-0.4, -0.2) is 38.0 Å². The average Bonchev–Trinajstić information content (AvgIpc) is 2.25. The molecule has 18 heavy (non-hydrogen) atoms. The zero-order valence-corrected chi connectivity index (χ0v) is 10.5. The van der Waals surface area contributed by atoms with E-state index in [2.05, 4.69) is 5.32 Å². The van der Waals surface area contributed by atoms with Gasteiger partial charge in [-0.05, 0) is 17.7 Å². The molecule has 2 rings (SSSR count). The summed E-state index contributed by atoms with van der Waals surface area (Å²) < 4.78 is 27.4. The molecule has 0 aliphatic carbocycles. The van der Waals surface area contributed by atoms with E-state index < -0.39 is 15.9 Å². The summed E-state index contributed by atoms with van der Waals surface area (Å²) >= 11 is 0. The van der Waals surface area contributed by atoms with Gasteiger partial charge in [-0.1, -0.05) is 6.07 Å². The van der Waals surface area contributed by atoms with Gasteiger partial charge in [0.15, 0.2) is 6.61 Å². The Morgan fingerprint density at radius 2 is 2.22 bits per heavy atom. The molecule has 1 amide bonds. The van der Waals surface area contributed by atoms with E-state index in [4.69, 9.17) is 4.74 Å². The molecule has 1 unspecified atom stereocenters. The van der Waals surface area contributed by atoms with Gasteiger partial charge in [-0.25, -0.2) is 8.42 Å². The number of fused-ring (bicyclic) bond motifs is 1. The van der Waals surface area contributed by atoms with Crippen molar-refractivity contribution < 1.29 is 23.1 Å². The third-order valence-electron chi connectivity index (χ3n) is 2.48. The van der Waals surface area contributed by atoms with Crippen LogP contribution in [0.15, 0.2) is 18.2 Å². The second kappa shape index (κ2) is 4.58. The minimum Gasteiger partial charge on any atom is -0.482 e. The Kier molecular flexibility index (Phi) is 3.27. The fraction of sp³-hybridized carbons (Fsp3) is 0.364. The first kappa shape index (κ1) is 12.8. The summed E-state index contributed by atoms with van der Waals surface area (Å²) in [6.45, 7) is -0.0434. The van der Waals surface area contributed by atoms with Crippen molar-refractivity contribution in [2.45, 2.75) is 6.10 Å². The second-order valence-electron chi connectivity index (χ2n) is 4.20. The first-order valence-electron chi connectivity index (χ1n) is 5.27. The van der Waals surface area contributed by atoms with Crippen LogP contribution in [0.2, 0.25) is 0 Å². The highest BCUT2D eigenvalue weighted by Crippen LogP contribution is 2.30. The fourth-order valence-corrected chi connectivity index (χ4v) is 2.46. The Morgan fingerprint density at radius 3 is 2.89 bits per heavy atom. The number of hydrogen-bond donors (Lipinski definition) is 2. The van der Waals surface area contributed by atoms with Gasteiger partial charge in [-0.3, -0.25) is 4.79 Å². The van der Waals surface area contributed by atoms with Gasteiger partial charge < -0.3 is 15.2 Å². The van der Waals surface area contributed by atoms with E-state index in [1.807, 2.05) is 0 Å². The van der Waals surface area contributed by atoms with Crippen molar-refractivity contribution in [2.75, 3.05) is 23.9 Å². The highest BCUT2D eigenvalue weighted by molar-refractivity contribution is 7.90. The maximum atomic E-state index is 11.1. The summed E-state index contributed by atoms with van der Waals surface area (Å²) in [6.07, 6.45) is -0.0661. The number of aliphatic hydroxyl groups is 1. The SMILES string of the molecule is CS(=O)(=O)CC(O)c1ccc2c(c1)NC(=O)CO2. The van der Waals surface area contributed by atoms with E-state index in [1.54, 1.807) is 12.1 Å². The highest BCUT2D eigenvalue weighted by atomic mass is 32.2. The predicted octanol–water partition coefficient (Wildman–Crippen LogP) is 0.0955. The largest absolute Gasteiger partial charge is 0.482 e. The van der Waals surface area contributed by atoms with E-state index in [9.17, 15) is 18.3 Å². The minimum absolute atomic E-state index is 0.0434. The van der Waals surface area contributed by atoms with Gasteiger partial charge in [-0.15, -0.1) is 0 Å². The Bertz CT molecular complexity index is 581. The van der Waals surface area contributed by atoms with Crippen LogP contribution < -0.4 is 10.1 Å². The molecule has 98 valence electrons. The predicted molar refractivity (Wildman–Crippen MR) is 65.2 cm³/mol. The minimum atomic E-state index is -3.27. The topological polar surface area (TPSA) is 92.7 Å². The quantitative estimate of drug-likeness (QED) is 0.813. The van der Waals surface area contributed by atoms with Crippen LogP contribution in [0, 0.1) is 0 Å². The molecular formula is C11H13NO5S.